The van der Waals surface area contributed by atoms with Crippen molar-refractivity contribution in [3.05, 3.63) is 34.2 Å². The van der Waals surface area contributed by atoms with Gasteiger partial charge in [-0.1, -0.05) is 6.07 Å². The van der Waals surface area contributed by atoms with Gasteiger partial charge in [-0.15, -0.1) is 28.3 Å². The Kier molecular flexibility index (Phi) is 3.42. The molecule has 0 unspecified atom stereocenters. The van der Waals surface area contributed by atoms with Crippen LogP contribution in [0.25, 0.3) is 11.3 Å². The topological polar surface area (TPSA) is 39.9 Å². The molecule has 5 heteroatoms. The number of hydrogen-bond donors (Lipinski definition) is 0. The number of nitriles is 1. The van der Waals surface area contributed by atoms with E-state index in [0.717, 1.165) is 22.8 Å². The number of aromatic nitrogens is 1. The van der Waals surface area contributed by atoms with Crippen LogP contribution in [0.1, 0.15) is 16.0 Å². The zero-order valence-corrected chi connectivity index (χ0v) is 12.6. The fraction of sp³-hybridized carbons (Fsp3) is 0.231. The van der Waals surface area contributed by atoms with Gasteiger partial charge in [0.15, 0.2) is 5.13 Å². The summed E-state index contributed by atoms with van der Waals surface area (Å²) in [6.45, 7) is 0. The molecule has 3 nitrogen and oxygen atoms in total. The molecule has 1 aromatic heterocycles. The average Bonchev–Trinajstić information content (AvgIpc) is 2.84. The van der Waals surface area contributed by atoms with Gasteiger partial charge in [0.25, 0.3) is 0 Å². The lowest BCUT2D eigenvalue weighted by molar-refractivity contribution is 1.11. The summed E-state index contributed by atoms with van der Waals surface area (Å²) < 4.78 is 0. The Morgan fingerprint density at radius 1 is 1.39 bits per heavy atom. The minimum atomic E-state index is 0. The summed E-state index contributed by atoms with van der Waals surface area (Å²) in [5.74, 6) is 0. The monoisotopic (exact) mass is 321 g/mol. The van der Waals surface area contributed by atoms with E-state index in [1.807, 2.05) is 37.2 Å². The van der Waals surface area contributed by atoms with Crippen LogP contribution in [-0.2, 0) is 6.42 Å². The van der Waals surface area contributed by atoms with Crippen LogP contribution in [0.5, 0.6) is 0 Å². The Labute approximate surface area is 120 Å². The predicted molar refractivity (Wildman–Crippen MR) is 79.7 cm³/mol. The molecule has 1 heterocycles. The average molecular weight is 322 g/mol. The molecule has 0 fully saturated rings. The summed E-state index contributed by atoms with van der Waals surface area (Å²) >= 11 is 1.73. The molecule has 1 aliphatic rings. The van der Waals surface area contributed by atoms with Gasteiger partial charge in [0.2, 0.25) is 0 Å². The summed E-state index contributed by atoms with van der Waals surface area (Å²) in [6, 6.07) is 8.03. The van der Waals surface area contributed by atoms with Gasteiger partial charge in [-0.2, -0.15) is 5.26 Å². The molecule has 0 amide bonds. The molecule has 0 saturated heterocycles. The third-order valence-electron chi connectivity index (χ3n) is 2.91. The van der Waals surface area contributed by atoms with Crippen LogP contribution >= 0.6 is 28.3 Å². The number of thiazole rings is 1. The molecule has 0 bridgehead atoms. The molecule has 92 valence electrons. The first kappa shape index (κ1) is 13.1. The molecule has 1 aromatic carbocycles. The molecule has 0 N–H and O–H groups in total. The quantitative estimate of drug-likeness (QED) is 0.690. The Morgan fingerprint density at radius 2 is 2.17 bits per heavy atom. The fourth-order valence-electron chi connectivity index (χ4n) is 2.07. The summed E-state index contributed by atoms with van der Waals surface area (Å²) in [6.07, 6.45) is 0.908. The van der Waals surface area contributed by atoms with Gasteiger partial charge in [0.1, 0.15) is 0 Å². The number of halogens is 1. The van der Waals surface area contributed by atoms with Crippen molar-refractivity contribution in [2.45, 2.75) is 6.42 Å². The highest BCUT2D eigenvalue weighted by molar-refractivity contribution is 8.93. The summed E-state index contributed by atoms with van der Waals surface area (Å²) in [4.78, 5) is 7.99. The summed E-state index contributed by atoms with van der Waals surface area (Å²) in [5, 5.41) is 9.93. The summed E-state index contributed by atoms with van der Waals surface area (Å²) in [7, 11) is 4.02. The van der Waals surface area contributed by atoms with Crippen molar-refractivity contribution in [3.63, 3.8) is 0 Å². The first-order valence-electron chi connectivity index (χ1n) is 5.39. The number of benzene rings is 1. The zero-order valence-electron chi connectivity index (χ0n) is 10.1. The number of nitrogens with zero attached hydrogens (tertiary/aromatic N) is 3. The molecule has 0 radical (unpaired) electrons. The normalized spacial score (nSPS) is 11.2. The number of hydrogen-bond acceptors (Lipinski definition) is 4. The van der Waals surface area contributed by atoms with Gasteiger partial charge in [0.05, 0.1) is 17.3 Å². The van der Waals surface area contributed by atoms with E-state index in [4.69, 9.17) is 5.26 Å². The third-order valence-corrected chi connectivity index (χ3v) is 4.13. The SMILES string of the molecule is Br.CN(C)c1nc2c(s1)Cc1cc(C#N)ccc1-2. The van der Waals surface area contributed by atoms with Crippen molar-refractivity contribution in [2.75, 3.05) is 19.0 Å². The first-order valence-corrected chi connectivity index (χ1v) is 6.21. The van der Waals surface area contributed by atoms with Crippen molar-refractivity contribution in [1.29, 1.82) is 5.26 Å². The smallest absolute Gasteiger partial charge is 0.185 e. The van der Waals surface area contributed by atoms with Gasteiger partial charge >= 0.3 is 0 Å². The molecule has 3 rings (SSSR count). The van der Waals surface area contributed by atoms with Crippen molar-refractivity contribution >= 4 is 33.4 Å². The fourth-order valence-corrected chi connectivity index (χ4v) is 3.09. The molecule has 0 atom stereocenters. The molecule has 0 saturated carbocycles. The highest BCUT2D eigenvalue weighted by atomic mass is 79.9. The van der Waals surface area contributed by atoms with E-state index < -0.39 is 0 Å². The molecule has 2 aromatic rings. The van der Waals surface area contributed by atoms with Crippen LogP contribution in [0.15, 0.2) is 18.2 Å². The lowest BCUT2D eigenvalue weighted by Gasteiger charge is -2.06. The lowest BCUT2D eigenvalue weighted by Crippen LogP contribution is -2.07. The standard InChI is InChI=1S/C13H11N3S.BrH/c1-16(2)13-15-12-10-4-3-8(7-14)5-9(10)6-11(12)17-13;/h3-5H,6H2,1-2H3;1H. The van der Waals surface area contributed by atoms with E-state index in [2.05, 4.69) is 11.1 Å². The lowest BCUT2D eigenvalue weighted by atomic mass is 10.1. The largest absolute Gasteiger partial charge is 0.354 e. The Bertz CT molecular complexity index is 640. The maximum atomic E-state index is 8.88. The summed E-state index contributed by atoms with van der Waals surface area (Å²) in [5.41, 5.74) is 4.23. The molecule has 1 aliphatic carbocycles. The number of rotatable bonds is 1. The number of anilines is 1. The second-order valence-corrected chi connectivity index (χ2v) is 5.39. The van der Waals surface area contributed by atoms with Gasteiger partial charge < -0.3 is 4.90 Å². The number of fused-ring (bicyclic) bond motifs is 3. The minimum absolute atomic E-state index is 0. The first-order chi connectivity index (χ1) is 8.19. The van der Waals surface area contributed by atoms with E-state index in [1.165, 1.54) is 16.0 Å². The molecular weight excluding hydrogens is 310 g/mol. The maximum Gasteiger partial charge on any atom is 0.185 e. The Balaban J connectivity index is 0.00000120. The van der Waals surface area contributed by atoms with E-state index in [0.29, 0.717) is 0 Å². The Morgan fingerprint density at radius 3 is 2.83 bits per heavy atom. The van der Waals surface area contributed by atoms with E-state index in [-0.39, 0.29) is 17.0 Å². The predicted octanol–water partition coefficient (Wildman–Crippen LogP) is 3.23. The van der Waals surface area contributed by atoms with Crippen molar-refractivity contribution < 1.29 is 0 Å². The van der Waals surface area contributed by atoms with Crippen LogP contribution in [0.4, 0.5) is 5.13 Å². The zero-order chi connectivity index (χ0) is 12.0. The Hall–Kier alpha value is -1.38. The van der Waals surface area contributed by atoms with Gasteiger partial charge in [-0.25, -0.2) is 4.98 Å². The maximum absolute atomic E-state index is 8.88. The van der Waals surface area contributed by atoms with Crippen LogP contribution in [0.2, 0.25) is 0 Å². The second kappa shape index (κ2) is 4.71. The molecular formula is C13H12BrN3S. The van der Waals surface area contributed by atoms with Crippen LogP contribution in [-0.4, -0.2) is 19.1 Å². The van der Waals surface area contributed by atoms with Crippen molar-refractivity contribution in [3.8, 4) is 17.3 Å². The highest BCUT2D eigenvalue weighted by Crippen LogP contribution is 2.41. The minimum Gasteiger partial charge on any atom is -0.354 e. The van der Waals surface area contributed by atoms with Crippen LogP contribution in [0.3, 0.4) is 0 Å². The van der Waals surface area contributed by atoms with Gasteiger partial charge in [-0.05, 0) is 17.7 Å². The van der Waals surface area contributed by atoms with Crippen molar-refractivity contribution in [2.24, 2.45) is 0 Å². The van der Waals surface area contributed by atoms with Gasteiger partial charge in [0, 0.05) is 31.0 Å². The van der Waals surface area contributed by atoms with Crippen molar-refractivity contribution in [1.82, 2.24) is 4.98 Å². The van der Waals surface area contributed by atoms with E-state index in [9.17, 15) is 0 Å². The second-order valence-electron chi connectivity index (χ2n) is 4.32. The molecule has 18 heavy (non-hydrogen) atoms. The highest BCUT2D eigenvalue weighted by Gasteiger charge is 2.23. The van der Waals surface area contributed by atoms with Crippen LogP contribution < -0.4 is 4.90 Å². The molecule has 0 aliphatic heterocycles. The van der Waals surface area contributed by atoms with Gasteiger partial charge in [-0.3, -0.25) is 0 Å². The molecule has 0 spiro atoms. The van der Waals surface area contributed by atoms with E-state index in [1.54, 1.807) is 11.3 Å². The van der Waals surface area contributed by atoms with E-state index >= 15 is 0 Å². The third kappa shape index (κ3) is 1.92. The van der Waals surface area contributed by atoms with Crippen LogP contribution in [0, 0.1) is 11.3 Å².